The standard InChI is InChI=1S/C14H17F4NO/c15-13-4-2-1-3-12(13)10(7-19-11-5-6-11)8-20-9-14(16,17)18/h1-4,10-11,19H,5-9H2. The summed E-state index contributed by atoms with van der Waals surface area (Å²) < 4.78 is 54.7. The van der Waals surface area contributed by atoms with Crippen LogP contribution in [0, 0.1) is 5.82 Å². The van der Waals surface area contributed by atoms with Crippen molar-refractivity contribution in [2.75, 3.05) is 19.8 Å². The Bertz CT molecular complexity index is 431. The maximum atomic E-state index is 13.7. The van der Waals surface area contributed by atoms with Crippen molar-refractivity contribution in [2.45, 2.75) is 31.0 Å². The minimum absolute atomic E-state index is 0.153. The first kappa shape index (κ1) is 15.3. The van der Waals surface area contributed by atoms with Crippen molar-refractivity contribution < 1.29 is 22.3 Å². The zero-order chi connectivity index (χ0) is 14.6. The quantitative estimate of drug-likeness (QED) is 0.779. The molecule has 1 aliphatic carbocycles. The molecular weight excluding hydrogens is 274 g/mol. The van der Waals surface area contributed by atoms with Gasteiger partial charge in [-0.25, -0.2) is 4.39 Å². The maximum Gasteiger partial charge on any atom is 0.411 e. The third kappa shape index (κ3) is 5.09. The molecule has 1 aromatic rings. The van der Waals surface area contributed by atoms with Crippen LogP contribution in [-0.4, -0.2) is 32.0 Å². The van der Waals surface area contributed by atoms with Crippen LogP contribution < -0.4 is 5.32 Å². The van der Waals surface area contributed by atoms with Gasteiger partial charge in [-0.3, -0.25) is 0 Å². The second kappa shape index (κ2) is 6.54. The summed E-state index contributed by atoms with van der Waals surface area (Å²) in [6.45, 7) is -1.04. The Morgan fingerprint density at radius 1 is 1.25 bits per heavy atom. The normalized spacial score (nSPS) is 17.2. The fourth-order valence-corrected chi connectivity index (χ4v) is 1.98. The van der Waals surface area contributed by atoms with Gasteiger partial charge in [-0.2, -0.15) is 13.2 Å². The number of rotatable bonds is 7. The molecule has 0 aromatic heterocycles. The summed E-state index contributed by atoms with van der Waals surface area (Å²) in [6, 6.07) is 6.54. The molecule has 1 fully saturated rings. The van der Waals surface area contributed by atoms with Crippen molar-refractivity contribution in [3.8, 4) is 0 Å². The molecule has 2 nitrogen and oxygen atoms in total. The van der Waals surface area contributed by atoms with E-state index in [1.165, 1.54) is 6.07 Å². The van der Waals surface area contributed by atoms with E-state index in [1.807, 2.05) is 0 Å². The number of nitrogens with one attached hydrogen (secondary N) is 1. The lowest BCUT2D eigenvalue weighted by Gasteiger charge is -2.19. The summed E-state index contributed by atoms with van der Waals surface area (Å²) in [6.07, 6.45) is -2.23. The molecule has 112 valence electrons. The number of benzene rings is 1. The fourth-order valence-electron chi connectivity index (χ4n) is 1.98. The van der Waals surface area contributed by atoms with E-state index in [0.717, 1.165) is 12.8 Å². The molecule has 0 spiro atoms. The van der Waals surface area contributed by atoms with Gasteiger partial charge in [-0.1, -0.05) is 18.2 Å². The molecule has 0 saturated heterocycles. The van der Waals surface area contributed by atoms with Crippen LogP contribution in [-0.2, 0) is 4.74 Å². The van der Waals surface area contributed by atoms with Crippen molar-refractivity contribution in [1.82, 2.24) is 5.32 Å². The SMILES string of the molecule is Fc1ccccc1C(CNC1CC1)COCC(F)(F)F. The van der Waals surface area contributed by atoms with Gasteiger partial charge in [0.05, 0.1) is 6.61 Å². The van der Waals surface area contributed by atoms with E-state index >= 15 is 0 Å². The minimum Gasteiger partial charge on any atom is -0.371 e. The summed E-state index contributed by atoms with van der Waals surface area (Å²) in [5, 5.41) is 3.20. The lowest BCUT2D eigenvalue weighted by atomic mass is 9.99. The Balaban J connectivity index is 1.94. The van der Waals surface area contributed by atoms with Crippen LogP contribution in [0.4, 0.5) is 17.6 Å². The highest BCUT2D eigenvalue weighted by molar-refractivity contribution is 5.22. The summed E-state index contributed by atoms with van der Waals surface area (Å²) in [7, 11) is 0. The van der Waals surface area contributed by atoms with Crippen LogP contribution >= 0.6 is 0 Å². The van der Waals surface area contributed by atoms with Crippen LogP contribution in [0.15, 0.2) is 24.3 Å². The average Bonchev–Trinajstić information content (AvgIpc) is 3.17. The van der Waals surface area contributed by atoms with Gasteiger partial charge >= 0.3 is 6.18 Å². The number of alkyl halides is 3. The summed E-state index contributed by atoms with van der Waals surface area (Å²) in [5.74, 6) is -0.829. The molecule has 0 aliphatic heterocycles. The Hall–Kier alpha value is -1.14. The third-order valence-corrected chi connectivity index (χ3v) is 3.16. The predicted octanol–water partition coefficient (Wildman–Crippen LogP) is 3.24. The van der Waals surface area contributed by atoms with E-state index in [1.54, 1.807) is 18.2 Å². The fraction of sp³-hybridized carbons (Fsp3) is 0.571. The molecule has 6 heteroatoms. The number of ether oxygens (including phenoxy) is 1. The van der Waals surface area contributed by atoms with Crippen LogP contribution in [0.1, 0.15) is 24.3 Å². The molecule has 1 saturated carbocycles. The third-order valence-electron chi connectivity index (χ3n) is 3.16. The molecule has 0 heterocycles. The van der Waals surface area contributed by atoms with E-state index in [4.69, 9.17) is 4.74 Å². The zero-order valence-corrected chi connectivity index (χ0v) is 10.9. The van der Waals surface area contributed by atoms with Crippen molar-refractivity contribution in [3.63, 3.8) is 0 Å². The molecule has 1 aliphatic rings. The van der Waals surface area contributed by atoms with E-state index in [2.05, 4.69) is 5.32 Å². The number of hydrogen-bond donors (Lipinski definition) is 1. The van der Waals surface area contributed by atoms with Gasteiger partial charge in [0.2, 0.25) is 0 Å². The van der Waals surface area contributed by atoms with Gasteiger partial charge in [0.1, 0.15) is 12.4 Å². The average molecular weight is 291 g/mol. The van der Waals surface area contributed by atoms with Crippen molar-refractivity contribution in [1.29, 1.82) is 0 Å². The van der Waals surface area contributed by atoms with Crippen LogP contribution in [0.2, 0.25) is 0 Å². The molecule has 2 rings (SSSR count). The highest BCUT2D eigenvalue weighted by atomic mass is 19.4. The second-order valence-corrected chi connectivity index (χ2v) is 5.03. The van der Waals surface area contributed by atoms with E-state index in [0.29, 0.717) is 18.2 Å². The topological polar surface area (TPSA) is 21.3 Å². The summed E-state index contributed by atoms with van der Waals surface area (Å²) in [4.78, 5) is 0. The second-order valence-electron chi connectivity index (χ2n) is 5.03. The monoisotopic (exact) mass is 291 g/mol. The highest BCUT2D eigenvalue weighted by Gasteiger charge is 2.29. The van der Waals surface area contributed by atoms with E-state index in [9.17, 15) is 17.6 Å². The zero-order valence-electron chi connectivity index (χ0n) is 10.9. The molecule has 1 aromatic carbocycles. The van der Waals surface area contributed by atoms with Crippen LogP contribution in [0.25, 0.3) is 0 Å². The van der Waals surface area contributed by atoms with Gasteiger partial charge in [0.15, 0.2) is 0 Å². The van der Waals surface area contributed by atoms with Crippen LogP contribution in [0.5, 0.6) is 0 Å². The number of halogens is 4. The number of hydrogen-bond acceptors (Lipinski definition) is 2. The van der Waals surface area contributed by atoms with Gasteiger partial charge < -0.3 is 10.1 Å². The van der Waals surface area contributed by atoms with Gasteiger partial charge in [-0.05, 0) is 24.5 Å². The Labute approximate surface area is 115 Å². The first-order valence-corrected chi connectivity index (χ1v) is 6.58. The molecule has 0 amide bonds. The summed E-state index contributed by atoms with van der Waals surface area (Å²) in [5.41, 5.74) is 0.392. The lowest BCUT2D eigenvalue weighted by molar-refractivity contribution is -0.174. The predicted molar refractivity (Wildman–Crippen MR) is 67.0 cm³/mol. The maximum absolute atomic E-state index is 13.7. The van der Waals surface area contributed by atoms with Crippen LogP contribution in [0.3, 0.4) is 0 Å². The Morgan fingerprint density at radius 3 is 2.55 bits per heavy atom. The molecule has 20 heavy (non-hydrogen) atoms. The summed E-state index contributed by atoms with van der Waals surface area (Å²) >= 11 is 0. The van der Waals surface area contributed by atoms with Crippen molar-refractivity contribution in [2.24, 2.45) is 0 Å². The van der Waals surface area contributed by atoms with Gasteiger partial charge in [0.25, 0.3) is 0 Å². The Kier molecular flexibility index (Phi) is 4.99. The lowest BCUT2D eigenvalue weighted by Crippen LogP contribution is -2.28. The highest BCUT2D eigenvalue weighted by Crippen LogP contribution is 2.24. The minimum atomic E-state index is -4.36. The molecule has 0 radical (unpaired) electrons. The smallest absolute Gasteiger partial charge is 0.371 e. The van der Waals surface area contributed by atoms with Gasteiger partial charge in [0, 0.05) is 18.5 Å². The van der Waals surface area contributed by atoms with E-state index < -0.39 is 24.5 Å². The van der Waals surface area contributed by atoms with Crippen molar-refractivity contribution >= 4 is 0 Å². The van der Waals surface area contributed by atoms with Crippen molar-refractivity contribution in [3.05, 3.63) is 35.6 Å². The molecule has 1 N–H and O–H groups in total. The Morgan fingerprint density at radius 2 is 1.95 bits per heavy atom. The van der Waals surface area contributed by atoms with E-state index in [-0.39, 0.29) is 6.61 Å². The molecular formula is C14H17F4NO. The molecule has 1 atom stereocenters. The largest absolute Gasteiger partial charge is 0.411 e. The first-order chi connectivity index (χ1) is 9.46. The first-order valence-electron chi connectivity index (χ1n) is 6.58. The molecule has 1 unspecified atom stereocenters. The van der Waals surface area contributed by atoms with Gasteiger partial charge in [-0.15, -0.1) is 0 Å². The molecule has 0 bridgehead atoms.